The Labute approximate surface area is 184 Å². The Bertz CT molecular complexity index is 1200. The number of anilines is 2. The lowest BCUT2D eigenvalue weighted by molar-refractivity contribution is -0.132. The zero-order chi connectivity index (χ0) is 21.2. The highest BCUT2D eigenvalue weighted by Gasteiger charge is 2.31. The first-order valence-electron chi connectivity index (χ1n) is 10.5. The largest absolute Gasteiger partial charge is 0.334 e. The molecule has 7 nitrogen and oxygen atoms in total. The number of likely N-dealkylation sites (tertiary alicyclic amines) is 1. The molecule has 1 aliphatic heterocycles. The van der Waals surface area contributed by atoms with Gasteiger partial charge >= 0.3 is 0 Å². The topological polar surface area (TPSA) is 75.9 Å². The number of carbonyl (C=O) groups excluding carboxylic acids is 1. The molecule has 1 N–H and O–H groups in total. The van der Waals surface area contributed by atoms with Crippen molar-refractivity contribution in [3.63, 3.8) is 0 Å². The highest BCUT2D eigenvalue weighted by atomic mass is 32.1. The predicted molar refractivity (Wildman–Crippen MR) is 122 cm³/mol. The summed E-state index contributed by atoms with van der Waals surface area (Å²) < 4.78 is 1.92. The molecule has 1 amide bonds. The number of thiazole rings is 1. The molecule has 1 aromatic carbocycles. The van der Waals surface area contributed by atoms with Crippen LogP contribution in [0.4, 0.5) is 10.8 Å². The van der Waals surface area contributed by atoms with Crippen LogP contribution in [-0.2, 0) is 11.3 Å². The Morgan fingerprint density at radius 2 is 2.19 bits per heavy atom. The first-order valence-corrected chi connectivity index (χ1v) is 11.4. The molecule has 4 heterocycles. The fourth-order valence-electron chi connectivity index (χ4n) is 4.27. The van der Waals surface area contributed by atoms with Crippen molar-refractivity contribution in [3.05, 3.63) is 65.6 Å². The molecular formula is C23H24N6OS. The van der Waals surface area contributed by atoms with E-state index in [-0.39, 0.29) is 11.9 Å². The maximum Gasteiger partial charge on any atom is 0.225 e. The summed E-state index contributed by atoms with van der Waals surface area (Å²) in [7, 11) is 0. The van der Waals surface area contributed by atoms with Gasteiger partial charge in [-0.15, -0.1) is 11.3 Å². The van der Waals surface area contributed by atoms with E-state index >= 15 is 0 Å². The van der Waals surface area contributed by atoms with Crippen LogP contribution in [0, 0.1) is 6.92 Å². The molecular weight excluding hydrogens is 408 g/mol. The molecule has 0 spiro atoms. The van der Waals surface area contributed by atoms with Gasteiger partial charge in [-0.25, -0.2) is 4.98 Å². The van der Waals surface area contributed by atoms with Gasteiger partial charge in [0.15, 0.2) is 5.13 Å². The summed E-state index contributed by atoms with van der Waals surface area (Å²) in [5, 5.41) is 11.7. The minimum Gasteiger partial charge on any atom is -0.334 e. The van der Waals surface area contributed by atoms with Gasteiger partial charge in [0.25, 0.3) is 0 Å². The van der Waals surface area contributed by atoms with Crippen molar-refractivity contribution in [3.8, 4) is 0 Å². The zero-order valence-electron chi connectivity index (χ0n) is 17.4. The summed E-state index contributed by atoms with van der Waals surface area (Å²) in [6.07, 6.45) is 5.99. The molecule has 0 radical (unpaired) electrons. The fraction of sp³-hybridized carbons (Fsp3) is 0.304. The minimum atomic E-state index is 0.0126. The molecule has 8 heteroatoms. The lowest BCUT2D eigenvalue weighted by Crippen LogP contribution is -2.31. The van der Waals surface area contributed by atoms with Crippen LogP contribution in [0.2, 0.25) is 0 Å². The normalized spacial score (nSPS) is 16.2. The van der Waals surface area contributed by atoms with E-state index in [1.807, 2.05) is 64.5 Å². The Morgan fingerprint density at radius 3 is 3.06 bits per heavy atom. The molecule has 0 bridgehead atoms. The Morgan fingerprint density at radius 1 is 1.29 bits per heavy atom. The lowest BCUT2D eigenvalue weighted by atomic mass is 10.1. The van der Waals surface area contributed by atoms with Crippen LogP contribution in [0.5, 0.6) is 0 Å². The van der Waals surface area contributed by atoms with Crippen LogP contribution in [0.15, 0.2) is 54.2 Å². The third kappa shape index (κ3) is 4.16. The van der Waals surface area contributed by atoms with Gasteiger partial charge in [-0.3, -0.25) is 14.5 Å². The number of rotatable bonds is 6. The average Bonchev–Trinajstić information content (AvgIpc) is 3.52. The van der Waals surface area contributed by atoms with Crippen molar-refractivity contribution in [1.82, 2.24) is 24.6 Å². The quantitative estimate of drug-likeness (QED) is 0.478. The second-order valence-electron chi connectivity index (χ2n) is 7.81. The standard InChI is InChI=1S/C23H24N6OS/c1-16-13-18(27-23-24-9-12-31-23)14-19(26-16)21-7-4-10-28(21)22(30)8-11-29-20-6-3-2-5-17(20)15-25-29/h2-3,5-6,9,12-15,21H,4,7-8,10-11H2,1H3,(H,24,26,27)/t21-/m0/s1. The van der Waals surface area contributed by atoms with Crippen molar-refractivity contribution in [1.29, 1.82) is 0 Å². The molecule has 158 valence electrons. The van der Waals surface area contributed by atoms with E-state index < -0.39 is 0 Å². The minimum absolute atomic E-state index is 0.0126. The van der Waals surface area contributed by atoms with Crippen LogP contribution < -0.4 is 5.32 Å². The van der Waals surface area contributed by atoms with E-state index in [0.29, 0.717) is 13.0 Å². The number of carbonyl (C=O) groups is 1. The number of benzene rings is 1. The first kappa shape index (κ1) is 19.7. The maximum absolute atomic E-state index is 13.1. The maximum atomic E-state index is 13.1. The van der Waals surface area contributed by atoms with Crippen molar-refractivity contribution in [2.75, 3.05) is 11.9 Å². The van der Waals surface area contributed by atoms with Gasteiger partial charge in [-0.2, -0.15) is 5.10 Å². The molecule has 31 heavy (non-hydrogen) atoms. The molecule has 4 aromatic rings. The van der Waals surface area contributed by atoms with Gasteiger partial charge in [-0.1, -0.05) is 18.2 Å². The van der Waals surface area contributed by atoms with E-state index in [1.165, 1.54) is 0 Å². The van der Waals surface area contributed by atoms with E-state index in [9.17, 15) is 4.79 Å². The van der Waals surface area contributed by atoms with Crippen molar-refractivity contribution < 1.29 is 4.79 Å². The van der Waals surface area contributed by atoms with Crippen LogP contribution >= 0.6 is 11.3 Å². The van der Waals surface area contributed by atoms with Gasteiger partial charge in [0, 0.05) is 41.3 Å². The Balaban J connectivity index is 1.31. The number of hydrogen-bond acceptors (Lipinski definition) is 6. The monoisotopic (exact) mass is 432 g/mol. The summed E-state index contributed by atoms with van der Waals surface area (Å²) in [5.41, 5.74) is 3.89. The van der Waals surface area contributed by atoms with Crippen LogP contribution in [0.1, 0.15) is 36.7 Å². The van der Waals surface area contributed by atoms with E-state index in [4.69, 9.17) is 4.98 Å². The third-order valence-corrected chi connectivity index (χ3v) is 6.35. The van der Waals surface area contributed by atoms with E-state index in [0.717, 1.165) is 52.5 Å². The van der Waals surface area contributed by atoms with Gasteiger partial charge < -0.3 is 10.2 Å². The second-order valence-corrected chi connectivity index (χ2v) is 8.70. The Hall–Kier alpha value is -3.26. The number of hydrogen-bond donors (Lipinski definition) is 1. The van der Waals surface area contributed by atoms with Gasteiger partial charge in [0.2, 0.25) is 5.91 Å². The molecule has 1 saturated heterocycles. The fourth-order valence-corrected chi connectivity index (χ4v) is 4.82. The highest BCUT2D eigenvalue weighted by Crippen LogP contribution is 2.33. The van der Waals surface area contributed by atoms with Crippen molar-refractivity contribution in [2.24, 2.45) is 0 Å². The Kier molecular flexibility index (Phi) is 5.38. The molecule has 0 saturated carbocycles. The van der Waals surface area contributed by atoms with Crippen LogP contribution in [-0.4, -0.2) is 37.1 Å². The molecule has 0 unspecified atom stereocenters. The van der Waals surface area contributed by atoms with Gasteiger partial charge in [0.05, 0.1) is 30.0 Å². The molecule has 3 aromatic heterocycles. The van der Waals surface area contributed by atoms with Crippen molar-refractivity contribution >= 4 is 39.0 Å². The smallest absolute Gasteiger partial charge is 0.225 e. The van der Waals surface area contributed by atoms with E-state index in [1.54, 1.807) is 17.5 Å². The number of aryl methyl sites for hydroxylation is 2. The van der Waals surface area contributed by atoms with Gasteiger partial charge in [0.1, 0.15) is 0 Å². The van der Waals surface area contributed by atoms with Crippen LogP contribution in [0.3, 0.4) is 0 Å². The number of pyridine rings is 1. The SMILES string of the molecule is Cc1cc(Nc2nccs2)cc([C@@H]2CCCN2C(=O)CCn2ncc3ccccc32)n1. The average molecular weight is 433 g/mol. The number of nitrogens with one attached hydrogen (secondary N) is 1. The summed E-state index contributed by atoms with van der Waals surface area (Å²) >= 11 is 1.56. The molecule has 1 aliphatic rings. The number of amides is 1. The van der Waals surface area contributed by atoms with Gasteiger partial charge in [-0.05, 0) is 38.0 Å². The lowest BCUT2D eigenvalue weighted by Gasteiger charge is -2.25. The number of para-hydroxylation sites is 1. The molecule has 0 aliphatic carbocycles. The second kappa shape index (κ2) is 8.47. The van der Waals surface area contributed by atoms with Crippen LogP contribution in [0.25, 0.3) is 10.9 Å². The first-order chi connectivity index (χ1) is 15.2. The number of aromatic nitrogens is 4. The number of fused-ring (bicyclic) bond motifs is 1. The molecule has 1 atom stereocenters. The molecule has 1 fully saturated rings. The zero-order valence-corrected chi connectivity index (χ0v) is 18.2. The van der Waals surface area contributed by atoms with E-state index in [2.05, 4.69) is 15.4 Å². The highest BCUT2D eigenvalue weighted by molar-refractivity contribution is 7.13. The van der Waals surface area contributed by atoms with Crippen molar-refractivity contribution in [2.45, 2.75) is 38.8 Å². The third-order valence-electron chi connectivity index (χ3n) is 5.66. The summed E-state index contributed by atoms with van der Waals surface area (Å²) in [6.45, 7) is 3.34. The summed E-state index contributed by atoms with van der Waals surface area (Å²) in [5.74, 6) is 0.153. The number of nitrogens with zero attached hydrogens (tertiary/aromatic N) is 5. The summed E-state index contributed by atoms with van der Waals surface area (Å²) in [6, 6.07) is 12.1. The summed E-state index contributed by atoms with van der Waals surface area (Å²) in [4.78, 5) is 24.2. The molecule has 5 rings (SSSR count). The predicted octanol–water partition coefficient (Wildman–Crippen LogP) is 4.69.